The Morgan fingerprint density at radius 3 is 2.74 bits per heavy atom. The van der Waals surface area contributed by atoms with Gasteiger partial charge in [-0.15, -0.1) is 0 Å². The number of aromatic nitrogens is 3. The third-order valence-corrected chi connectivity index (χ3v) is 4.18. The number of furan rings is 1. The van der Waals surface area contributed by atoms with Crippen molar-refractivity contribution in [2.75, 3.05) is 0 Å². The van der Waals surface area contributed by atoms with Crippen LogP contribution in [0.1, 0.15) is 29.5 Å². The quantitative estimate of drug-likeness (QED) is 0.395. The first-order chi connectivity index (χ1) is 13.0. The fourth-order valence-corrected chi connectivity index (χ4v) is 2.90. The first kappa shape index (κ1) is 16.9. The van der Waals surface area contributed by atoms with E-state index in [0.717, 1.165) is 11.3 Å². The van der Waals surface area contributed by atoms with Crippen LogP contribution >= 0.6 is 0 Å². The number of rotatable bonds is 5. The maximum absolute atomic E-state index is 12.0. The molecule has 4 rings (SSSR count). The maximum Gasteiger partial charge on any atom is 0.205 e. The highest BCUT2D eigenvalue weighted by Crippen LogP contribution is 2.22. The summed E-state index contributed by atoms with van der Waals surface area (Å²) in [7, 11) is 0. The zero-order valence-electron chi connectivity index (χ0n) is 15.0. The zero-order valence-corrected chi connectivity index (χ0v) is 15.0. The lowest BCUT2D eigenvalue weighted by Gasteiger charge is -2.01. The monoisotopic (exact) mass is 359 g/mol. The molecular weight excluding hydrogens is 342 g/mol. The van der Waals surface area contributed by atoms with Crippen molar-refractivity contribution in [3.63, 3.8) is 0 Å². The molecule has 27 heavy (non-hydrogen) atoms. The molecule has 0 aliphatic heterocycles. The maximum atomic E-state index is 12.0. The topological polar surface area (TPSA) is 78.0 Å². The van der Waals surface area contributed by atoms with Crippen molar-refractivity contribution in [1.82, 2.24) is 14.8 Å². The van der Waals surface area contributed by atoms with Gasteiger partial charge in [-0.25, -0.2) is 9.67 Å². The SMILES string of the molecule is CC(=O)CC(=O)c1cc2nc(-n3ccc(-c4cccc(C)c4)n3)ccc2o1. The van der Waals surface area contributed by atoms with Gasteiger partial charge in [0, 0.05) is 17.8 Å². The summed E-state index contributed by atoms with van der Waals surface area (Å²) in [6, 6.07) is 15.1. The van der Waals surface area contributed by atoms with Crippen molar-refractivity contribution in [3.05, 3.63) is 66.1 Å². The van der Waals surface area contributed by atoms with Gasteiger partial charge in [0.25, 0.3) is 0 Å². The lowest BCUT2D eigenvalue weighted by Crippen LogP contribution is -2.03. The number of pyridine rings is 1. The van der Waals surface area contributed by atoms with E-state index in [1.807, 2.05) is 37.4 Å². The molecule has 0 amide bonds. The number of aryl methyl sites for hydroxylation is 1. The van der Waals surface area contributed by atoms with E-state index in [0.29, 0.717) is 16.9 Å². The Balaban J connectivity index is 1.66. The Labute approximate surface area is 155 Å². The van der Waals surface area contributed by atoms with Gasteiger partial charge in [0.05, 0.1) is 12.1 Å². The largest absolute Gasteiger partial charge is 0.451 e. The van der Waals surface area contributed by atoms with Gasteiger partial charge >= 0.3 is 0 Å². The summed E-state index contributed by atoms with van der Waals surface area (Å²) in [5.74, 6) is 0.218. The number of ketones is 2. The standard InChI is InChI=1S/C21H17N3O3/c1-13-4-3-5-15(10-13)16-8-9-24(23-16)21-7-6-19-17(22-21)12-20(27-19)18(26)11-14(2)25/h3-10,12H,11H2,1-2H3. The molecule has 6 nitrogen and oxygen atoms in total. The van der Waals surface area contributed by atoms with Crippen molar-refractivity contribution in [1.29, 1.82) is 0 Å². The van der Waals surface area contributed by atoms with Gasteiger partial charge in [-0.05, 0) is 38.1 Å². The number of Topliss-reactive ketones (excluding diaryl/α,β-unsaturated/α-hetero) is 2. The number of hydrogen-bond donors (Lipinski definition) is 0. The average molecular weight is 359 g/mol. The van der Waals surface area contributed by atoms with Crippen LogP contribution in [-0.4, -0.2) is 26.3 Å². The highest BCUT2D eigenvalue weighted by Gasteiger charge is 2.15. The highest BCUT2D eigenvalue weighted by molar-refractivity contribution is 6.07. The molecule has 0 aliphatic rings. The number of benzene rings is 1. The lowest BCUT2D eigenvalue weighted by atomic mass is 10.1. The van der Waals surface area contributed by atoms with Crippen LogP contribution in [0.25, 0.3) is 28.2 Å². The van der Waals surface area contributed by atoms with E-state index in [-0.39, 0.29) is 23.7 Å². The van der Waals surface area contributed by atoms with Crippen LogP contribution < -0.4 is 0 Å². The van der Waals surface area contributed by atoms with Gasteiger partial charge < -0.3 is 4.42 Å². The fourth-order valence-electron chi connectivity index (χ4n) is 2.90. The van der Waals surface area contributed by atoms with Crippen LogP contribution in [0.4, 0.5) is 0 Å². The van der Waals surface area contributed by atoms with Crippen LogP contribution in [0.2, 0.25) is 0 Å². The van der Waals surface area contributed by atoms with Gasteiger partial charge in [0.1, 0.15) is 11.3 Å². The van der Waals surface area contributed by atoms with Crippen molar-refractivity contribution in [2.45, 2.75) is 20.3 Å². The van der Waals surface area contributed by atoms with Crippen molar-refractivity contribution in [2.24, 2.45) is 0 Å². The predicted molar refractivity (Wildman–Crippen MR) is 101 cm³/mol. The van der Waals surface area contributed by atoms with E-state index in [1.165, 1.54) is 12.5 Å². The number of carbonyl (C=O) groups excluding carboxylic acids is 2. The van der Waals surface area contributed by atoms with E-state index in [2.05, 4.69) is 16.1 Å². The zero-order chi connectivity index (χ0) is 19.0. The van der Waals surface area contributed by atoms with Crippen LogP contribution in [0.15, 0.2) is 59.1 Å². The molecule has 0 fully saturated rings. The molecule has 1 aromatic carbocycles. The third kappa shape index (κ3) is 3.42. The van der Waals surface area contributed by atoms with E-state index in [1.54, 1.807) is 22.9 Å². The second-order valence-corrected chi connectivity index (χ2v) is 6.48. The van der Waals surface area contributed by atoms with Gasteiger partial charge in [0.15, 0.2) is 17.2 Å². The molecule has 134 valence electrons. The summed E-state index contributed by atoms with van der Waals surface area (Å²) in [5, 5.41) is 4.59. The molecule has 3 aromatic heterocycles. The van der Waals surface area contributed by atoms with E-state index < -0.39 is 0 Å². The molecule has 6 heteroatoms. The van der Waals surface area contributed by atoms with Crippen molar-refractivity contribution >= 4 is 22.7 Å². The fraction of sp³-hybridized carbons (Fsp3) is 0.143. The molecule has 0 bridgehead atoms. The van der Waals surface area contributed by atoms with Crippen molar-refractivity contribution in [3.8, 4) is 17.1 Å². The van der Waals surface area contributed by atoms with Crippen LogP contribution in [0, 0.1) is 6.92 Å². The normalized spacial score (nSPS) is 11.0. The molecular formula is C21H17N3O3. The van der Waals surface area contributed by atoms with Crippen LogP contribution in [0.5, 0.6) is 0 Å². The van der Waals surface area contributed by atoms with E-state index in [4.69, 9.17) is 4.42 Å². The molecule has 0 spiro atoms. The Bertz CT molecular complexity index is 1170. The lowest BCUT2D eigenvalue weighted by molar-refractivity contribution is -0.116. The van der Waals surface area contributed by atoms with Gasteiger partial charge in [-0.3, -0.25) is 9.59 Å². The van der Waals surface area contributed by atoms with E-state index >= 15 is 0 Å². The molecule has 0 saturated carbocycles. The highest BCUT2D eigenvalue weighted by atomic mass is 16.3. The predicted octanol–water partition coefficient (Wildman–Crippen LogP) is 4.15. The first-order valence-corrected chi connectivity index (χ1v) is 8.56. The molecule has 0 saturated heterocycles. The minimum absolute atomic E-state index is 0.144. The molecule has 4 aromatic rings. The second-order valence-electron chi connectivity index (χ2n) is 6.48. The Morgan fingerprint density at radius 1 is 1.11 bits per heavy atom. The minimum atomic E-state index is -0.345. The molecule has 0 atom stereocenters. The average Bonchev–Trinajstić information content (AvgIpc) is 3.27. The van der Waals surface area contributed by atoms with Crippen LogP contribution in [0.3, 0.4) is 0 Å². The molecule has 0 N–H and O–H groups in total. The molecule has 0 aliphatic carbocycles. The first-order valence-electron chi connectivity index (χ1n) is 8.56. The number of hydrogen-bond acceptors (Lipinski definition) is 5. The summed E-state index contributed by atoms with van der Waals surface area (Å²) in [6.45, 7) is 3.42. The Morgan fingerprint density at radius 2 is 1.96 bits per heavy atom. The van der Waals surface area contributed by atoms with E-state index in [9.17, 15) is 9.59 Å². The molecule has 0 unspecified atom stereocenters. The number of fused-ring (bicyclic) bond motifs is 1. The molecule has 3 heterocycles. The third-order valence-electron chi connectivity index (χ3n) is 4.18. The number of carbonyl (C=O) groups is 2. The smallest absolute Gasteiger partial charge is 0.205 e. The summed E-state index contributed by atoms with van der Waals surface area (Å²) >= 11 is 0. The summed E-state index contributed by atoms with van der Waals surface area (Å²) in [5.41, 5.74) is 4.10. The minimum Gasteiger partial charge on any atom is -0.451 e. The van der Waals surface area contributed by atoms with Gasteiger partial charge in [-0.1, -0.05) is 23.8 Å². The molecule has 0 radical (unpaired) electrons. The van der Waals surface area contributed by atoms with Crippen LogP contribution in [-0.2, 0) is 4.79 Å². The summed E-state index contributed by atoms with van der Waals surface area (Å²) in [4.78, 5) is 27.7. The van der Waals surface area contributed by atoms with Crippen molar-refractivity contribution < 1.29 is 14.0 Å². The second kappa shape index (κ2) is 6.64. The summed E-state index contributed by atoms with van der Waals surface area (Å²) < 4.78 is 7.20. The summed E-state index contributed by atoms with van der Waals surface area (Å²) in [6.07, 6.45) is 1.67. The van der Waals surface area contributed by atoms with Gasteiger partial charge in [-0.2, -0.15) is 5.10 Å². The Hall–Kier alpha value is -3.54. The Kier molecular flexibility index (Phi) is 4.16. The number of nitrogens with zero attached hydrogens (tertiary/aromatic N) is 3. The van der Waals surface area contributed by atoms with Gasteiger partial charge in [0.2, 0.25) is 5.78 Å².